The Morgan fingerprint density at radius 1 is 0.697 bits per heavy atom. The highest BCUT2D eigenvalue weighted by Crippen LogP contribution is 2.47. The van der Waals surface area contributed by atoms with Gasteiger partial charge in [0.1, 0.15) is 0 Å². The molecule has 0 N–H and O–H groups in total. The van der Waals surface area contributed by atoms with Crippen LogP contribution < -0.4 is 15.9 Å². The number of carbonyl (C=O) groups is 1. The van der Waals surface area contributed by atoms with Crippen LogP contribution in [0.1, 0.15) is 12.5 Å². The molecule has 0 spiro atoms. The third kappa shape index (κ3) is 5.16. The Balaban J connectivity index is 2.02. The van der Waals surface area contributed by atoms with Gasteiger partial charge in [-0.1, -0.05) is 121 Å². The lowest BCUT2D eigenvalue weighted by atomic mass is 10.1. The molecule has 33 heavy (non-hydrogen) atoms. The lowest BCUT2D eigenvalue weighted by Gasteiger charge is -2.29. The Bertz CT molecular complexity index is 1110. The molecule has 4 heteroatoms. The van der Waals surface area contributed by atoms with Crippen LogP contribution in [0.3, 0.4) is 0 Å². The van der Waals surface area contributed by atoms with Crippen molar-refractivity contribution in [2.75, 3.05) is 6.61 Å². The van der Waals surface area contributed by atoms with Crippen LogP contribution in [0.25, 0.3) is 0 Å². The molecule has 0 saturated heterocycles. The molecule has 0 radical (unpaired) electrons. The van der Waals surface area contributed by atoms with Crippen LogP contribution >= 0.6 is 7.05 Å². The SMILES string of the molecule is CCOC(=O)C(Cc1ccccc1)N=P(c1ccccc1)(c1ccccc1)c1ccccc1. The molecule has 0 amide bonds. The average Bonchev–Trinajstić information content (AvgIpc) is 2.89. The molecule has 166 valence electrons. The van der Waals surface area contributed by atoms with Gasteiger partial charge in [0, 0.05) is 22.3 Å². The smallest absolute Gasteiger partial charge is 0.331 e. The minimum Gasteiger partial charge on any atom is -0.464 e. The van der Waals surface area contributed by atoms with Gasteiger partial charge in [0.15, 0.2) is 6.04 Å². The fraction of sp³-hybridized carbons (Fsp3) is 0.138. The third-order valence-electron chi connectivity index (χ3n) is 5.53. The fourth-order valence-electron chi connectivity index (χ4n) is 4.03. The molecule has 3 nitrogen and oxygen atoms in total. The summed E-state index contributed by atoms with van der Waals surface area (Å²) in [6, 6.07) is 40.5. The molecule has 0 saturated carbocycles. The van der Waals surface area contributed by atoms with E-state index < -0.39 is 13.1 Å². The third-order valence-corrected chi connectivity index (χ3v) is 9.29. The van der Waals surface area contributed by atoms with Gasteiger partial charge >= 0.3 is 5.97 Å². The largest absolute Gasteiger partial charge is 0.464 e. The van der Waals surface area contributed by atoms with E-state index in [9.17, 15) is 4.79 Å². The molecule has 0 bridgehead atoms. The van der Waals surface area contributed by atoms with E-state index in [2.05, 4.69) is 36.4 Å². The first kappa shape index (κ1) is 22.8. The lowest BCUT2D eigenvalue weighted by molar-refractivity contribution is -0.144. The number of rotatable bonds is 8. The Morgan fingerprint density at radius 3 is 1.48 bits per heavy atom. The number of hydrogen-bond donors (Lipinski definition) is 0. The molecule has 4 aromatic rings. The highest BCUT2D eigenvalue weighted by atomic mass is 31.2. The van der Waals surface area contributed by atoms with Crippen LogP contribution in [0.5, 0.6) is 0 Å². The van der Waals surface area contributed by atoms with Crippen LogP contribution in [0.4, 0.5) is 0 Å². The van der Waals surface area contributed by atoms with Crippen molar-refractivity contribution >= 4 is 28.9 Å². The van der Waals surface area contributed by atoms with Crippen molar-refractivity contribution in [2.24, 2.45) is 4.74 Å². The lowest BCUT2D eigenvalue weighted by Crippen LogP contribution is -2.30. The van der Waals surface area contributed by atoms with Gasteiger partial charge in [-0.25, -0.2) is 4.79 Å². The summed E-state index contributed by atoms with van der Waals surface area (Å²) >= 11 is 0. The summed E-state index contributed by atoms with van der Waals surface area (Å²) in [5, 5.41) is 3.35. The van der Waals surface area contributed by atoms with E-state index in [-0.39, 0.29) is 5.97 Å². The van der Waals surface area contributed by atoms with E-state index in [1.54, 1.807) is 0 Å². The Kier molecular flexibility index (Phi) is 7.55. The molecule has 1 unspecified atom stereocenters. The zero-order valence-electron chi connectivity index (χ0n) is 18.7. The average molecular weight is 454 g/mol. The number of ether oxygens (including phenoxy) is 1. The van der Waals surface area contributed by atoms with Gasteiger partial charge < -0.3 is 4.74 Å². The number of esters is 1. The maximum atomic E-state index is 13.2. The van der Waals surface area contributed by atoms with Crippen molar-refractivity contribution in [1.82, 2.24) is 0 Å². The van der Waals surface area contributed by atoms with E-state index in [4.69, 9.17) is 9.48 Å². The van der Waals surface area contributed by atoms with Gasteiger partial charge in [-0.15, -0.1) is 0 Å². The Morgan fingerprint density at radius 2 is 1.09 bits per heavy atom. The number of nitrogens with zero attached hydrogens (tertiary/aromatic N) is 1. The Hall–Kier alpha value is -3.42. The fourth-order valence-corrected chi connectivity index (χ4v) is 7.73. The summed E-state index contributed by atoms with van der Waals surface area (Å²) in [5.74, 6) is -0.284. The molecule has 0 aliphatic rings. The number of hydrogen-bond acceptors (Lipinski definition) is 3. The maximum absolute atomic E-state index is 13.2. The summed E-state index contributed by atoms with van der Waals surface area (Å²) in [6.45, 7) is 2.17. The van der Waals surface area contributed by atoms with Gasteiger partial charge in [0.2, 0.25) is 0 Å². The van der Waals surface area contributed by atoms with E-state index in [1.165, 1.54) is 0 Å². The standard InChI is InChI=1S/C29H28NO2P/c1-2-32-29(31)28(23-24-15-7-3-8-16-24)30-33(25-17-9-4-10-18-25,26-19-11-5-12-20-26)27-21-13-6-14-22-27/h3-22,28H,2,23H2,1H3. The number of carbonyl (C=O) groups excluding carboxylic acids is 1. The topological polar surface area (TPSA) is 38.7 Å². The van der Waals surface area contributed by atoms with Gasteiger partial charge in [0.25, 0.3) is 0 Å². The minimum absolute atomic E-state index is 0.284. The normalized spacial score (nSPS) is 12.0. The van der Waals surface area contributed by atoms with E-state index >= 15 is 0 Å². The first-order valence-electron chi connectivity index (χ1n) is 11.2. The van der Waals surface area contributed by atoms with Gasteiger partial charge in [-0.2, -0.15) is 0 Å². The van der Waals surface area contributed by atoms with Crippen molar-refractivity contribution in [3.63, 3.8) is 0 Å². The van der Waals surface area contributed by atoms with E-state index in [0.29, 0.717) is 13.0 Å². The predicted octanol–water partition coefficient (Wildman–Crippen LogP) is 5.34. The van der Waals surface area contributed by atoms with Crippen LogP contribution in [0, 0.1) is 0 Å². The predicted molar refractivity (Wildman–Crippen MR) is 138 cm³/mol. The zero-order chi connectivity index (χ0) is 22.9. The van der Waals surface area contributed by atoms with Crippen LogP contribution in [0.15, 0.2) is 126 Å². The van der Waals surface area contributed by atoms with E-state index in [0.717, 1.165) is 21.5 Å². The monoisotopic (exact) mass is 453 g/mol. The molecular weight excluding hydrogens is 425 g/mol. The Labute approximate surface area is 196 Å². The second-order valence-electron chi connectivity index (χ2n) is 7.72. The van der Waals surface area contributed by atoms with Crippen molar-refractivity contribution in [3.8, 4) is 0 Å². The summed E-state index contributed by atoms with van der Waals surface area (Å²) in [7, 11) is -2.50. The molecule has 0 aliphatic heterocycles. The van der Waals surface area contributed by atoms with Crippen molar-refractivity contribution in [1.29, 1.82) is 0 Å². The highest BCUT2D eigenvalue weighted by Gasteiger charge is 2.31. The molecule has 1 atom stereocenters. The minimum atomic E-state index is -2.50. The van der Waals surface area contributed by atoms with Crippen LogP contribution in [-0.4, -0.2) is 18.6 Å². The molecule has 0 heterocycles. The first-order valence-corrected chi connectivity index (χ1v) is 13.0. The van der Waals surface area contributed by atoms with Gasteiger partial charge in [-0.05, 0) is 12.5 Å². The summed E-state index contributed by atoms with van der Waals surface area (Å²) in [4.78, 5) is 13.2. The second-order valence-corrected chi connectivity index (χ2v) is 10.8. The van der Waals surface area contributed by atoms with Crippen LogP contribution in [0.2, 0.25) is 0 Å². The summed E-state index contributed by atoms with van der Waals surface area (Å²) < 4.78 is 11.0. The highest BCUT2D eigenvalue weighted by molar-refractivity contribution is 7.87. The van der Waals surface area contributed by atoms with Crippen molar-refractivity contribution in [2.45, 2.75) is 19.4 Å². The quantitative estimate of drug-likeness (QED) is 0.267. The van der Waals surface area contributed by atoms with Gasteiger partial charge in [-0.3, -0.25) is 4.74 Å². The second kappa shape index (κ2) is 10.9. The van der Waals surface area contributed by atoms with Gasteiger partial charge in [0.05, 0.1) is 13.7 Å². The molecular formula is C29H28NO2P. The van der Waals surface area contributed by atoms with Crippen LogP contribution in [-0.2, 0) is 16.0 Å². The summed E-state index contributed by atoms with van der Waals surface area (Å²) in [5.41, 5.74) is 1.06. The first-order chi connectivity index (χ1) is 16.2. The zero-order valence-corrected chi connectivity index (χ0v) is 19.6. The van der Waals surface area contributed by atoms with Crippen molar-refractivity contribution < 1.29 is 9.53 Å². The molecule has 4 rings (SSSR count). The number of benzene rings is 4. The molecule has 0 aromatic heterocycles. The van der Waals surface area contributed by atoms with E-state index in [1.807, 2.05) is 91.9 Å². The molecule has 0 fully saturated rings. The van der Waals surface area contributed by atoms with Crippen molar-refractivity contribution in [3.05, 3.63) is 127 Å². The molecule has 0 aliphatic carbocycles. The molecule has 4 aromatic carbocycles. The summed E-state index contributed by atoms with van der Waals surface area (Å²) in [6.07, 6.45) is 0.494. The maximum Gasteiger partial charge on any atom is 0.331 e.